The Balaban J connectivity index is 2.68. The molecular formula is C12H22N2O. The Bertz CT molecular complexity index is 303. The smallest absolute Gasteiger partial charge is 0.0825 e. The second-order valence-corrected chi connectivity index (χ2v) is 4.24. The van der Waals surface area contributed by atoms with Gasteiger partial charge in [0, 0.05) is 18.3 Å². The lowest BCUT2D eigenvalue weighted by molar-refractivity contribution is 0.140. The molecule has 1 heterocycles. The zero-order valence-corrected chi connectivity index (χ0v) is 10.2. The molecule has 1 atom stereocenters. The lowest BCUT2D eigenvalue weighted by Crippen LogP contribution is -2.07. The first-order valence-corrected chi connectivity index (χ1v) is 5.76. The number of aliphatic hydroxyl groups is 1. The van der Waals surface area contributed by atoms with E-state index >= 15 is 0 Å². The second kappa shape index (κ2) is 5.31. The summed E-state index contributed by atoms with van der Waals surface area (Å²) in [6, 6.07) is 0. The normalized spacial score (nSPS) is 13.5. The third-order valence-electron chi connectivity index (χ3n) is 3.34. The predicted molar refractivity (Wildman–Crippen MR) is 61.6 cm³/mol. The van der Waals surface area contributed by atoms with E-state index in [4.69, 9.17) is 0 Å². The molecule has 1 aromatic rings. The Morgan fingerprint density at radius 3 is 2.40 bits per heavy atom. The molecule has 0 radical (unpaired) electrons. The standard InChI is InChI=1S/C12H22N2O/c1-5-10(6-2)7-12(15)11-8-13-14(4)9(11)3/h8,10,12,15H,5-7H2,1-4H3. The zero-order valence-electron chi connectivity index (χ0n) is 10.2. The highest BCUT2D eigenvalue weighted by Crippen LogP contribution is 2.26. The van der Waals surface area contributed by atoms with Gasteiger partial charge in [0.1, 0.15) is 0 Å². The minimum atomic E-state index is -0.358. The van der Waals surface area contributed by atoms with Gasteiger partial charge >= 0.3 is 0 Å². The van der Waals surface area contributed by atoms with Gasteiger partial charge in [0.15, 0.2) is 0 Å². The Hall–Kier alpha value is -0.830. The molecule has 86 valence electrons. The summed E-state index contributed by atoms with van der Waals surface area (Å²) >= 11 is 0. The van der Waals surface area contributed by atoms with Crippen LogP contribution in [0.3, 0.4) is 0 Å². The number of aliphatic hydroxyl groups excluding tert-OH is 1. The molecule has 3 nitrogen and oxygen atoms in total. The van der Waals surface area contributed by atoms with E-state index in [-0.39, 0.29) is 6.10 Å². The average Bonchev–Trinajstić information content (AvgIpc) is 2.56. The molecule has 0 aromatic carbocycles. The van der Waals surface area contributed by atoms with E-state index in [1.54, 1.807) is 6.20 Å². The van der Waals surface area contributed by atoms with Gasteiger partial charge < -0.3 is 5.11 Å². The van der Waals surface area contributed by atoms with Gasteiger partial charge in [0.25, 0.3) is 0 Å². The van der Waals surface area contributed by atoms with Crippen molar-refractivity contribution in [3.05, 3.63) is 17.5 Å². The van der Waals surface area contributed by atoms with E-state index in [1.165, 1.54) is 0 Å². The highest BCUT2D eigenvalue weighted by atomic mass is 16.3. The number of rotatable bonds is 5. The minimum absolute atomic E-state index is 0.358. The van der Waals surface area contributed by atoms with Crippen LogP contribution in [0.25, 0.3) is 0 Å². The monoisotopic (exact) mass is 210 g/mol. The van der Waals surface area contributed by atoms with Crippen LogP contribution in [0.2, 0.25) is 0 Å². The van der Waals surface area contributed by atoms with Crippen molar-refractivity contribution in [3.63, 3.8) is 0 Å². The Kier molecular flexibility index (Phi) is 4.33. The zero-order chi connectivity index (χ0) is 11.4. The van der Waals surface area contributed by atoms with Crippen LogP contribution in [0.1, 0.15) is 50.5 Å². The highest BCUT2D eigenvalue weighted by Gasteiger charge is 2.17. The van der Waals surface area contributed by atoms with Crippen molar-refractivity contribution in [3.8, 4) is 0 Å². The van der Waals surface area contributed by atoms with Crippen LogP contribution in [-0.2, 0) is 7.05 Å². The van der Waals surface area contributed by atoms with Gasteiger partial charge in [0.05, 0.1) is 12.3 Å². The van der Waals surface area contributed by atoms with Crippen LogP contribution in [0.4, 0.5) is 0 Å². The molecule has 0 aliphatic heterocycles. The van der Waals surface area contributed by atoms with Crippen LogP contribution in [0.5, 0.6) is 0 Å². The molecule has 1 rings (SSSR count). The summed E-state index contributed by atoms with van der Waals surface area (Å²) in [5.74, 6) is 0.611. The van der Waals surface area contributed by atoms with E-state index < -0.39 is 0 Å². The third-order valence-corrected chi connectivity index (χ3v) is 3.34. The van der Waals surface area contributed by atoms with Crippen molar-refractivity contribution in [1.29, 1.82) is 0 Å². The van der Waals surface area contributed by atoms with Crippen molar-refractivity contribution >= 4 is 0 Å². The van der Waals surface area contributed by atoms with Crippen LogP contribution in [-0.4, -0.2) is 14.9 Å². The minimum Gasteiger partial charge on any atom is -0.388 e. The summed E-state index contributed by atoms with van der Waals surface area (Å²) < 4.78 is 1.81. The van der Waals surface area contributed by atoms with Gasteiger partial charge in [-0.15, -0.1) is 0 Å². The Morgan fingerprint density at radius 2 is 2.00 bits per heavy atom. The maximum absolute atomic E-state index is 10.1. The fourth-order valence-corrected chi connectivity index (χ4v) is 1.91. The SMILES string of the molecule is CCC(CC)CC(O)c1cnn(C)c1C. The van der Waals surface area contributed by atoms with Crippen LogP contribution < -0.4 is 0 Å². The largest absolute Gasteiger partial charge is 0.388 e. The van der Waals surface area contributed by atoms with E-state index in [2.05, 4.69) is 18.9 Å². The van der Waals surface area contributed by atoms with Crippen LogP contribution in [0.15, 0.2) is 6.20 Å². The topological polar surface area (TPSA) is 38.1 Å². The third kappa shape index (κ3) is 2.81. The van der Waals surface area contributed by atoms with Crippen molar-refractivity contribution in [2.75, 3.05) is 0 Å². The molecule has 0 saturated carbocycles. The van der Waals surface area contributed by atoms with Gasteiger partial charge in [-0.1, -0.05) is 26.7 Å². The molecular weight excluding hydrogens is 188 g/mol. The van der Waals surface area contributed by atoms with Crippen LogP contribution in [0, 0.1) is 12.8 Å². The lowest BCUT2D eigenvalue weighted by atomic mass is 9.93. The van der Waals surface area contributed by atoms with E-state index in [9.17, 15) is 5.11 Å². The molecule has 0 aliphatic rings. The van der Waals surface area contributed by atoms with Gasteiger partial charge in [-0.25, -0.2) is 0 Å². The first-order valence-electron chi connectivity index (χ1n) is 5.76. The summed E-state index contributed by atoms with van der Waals surface area (Å²) in [4.78, 5) is 0. The highest BCUT2D eigenvalue weighted by molar-refractivity contribution is 5.18. The quantitative estimate of drug-likeness (QED) is 0.811. The van der Waals surface area contributed by atoms with E-state index in [1.807, 2.05) is 18.7 Å². The molecule has 1 aromatic heterocycles. The van der Waals surface area contributed by atoms with Crippen molar-refractivity contribution in [2.45, 2.75) is 46.1 Å². The predicted octanol–water partition coefficient (Wildman–Crippen LogP) is 2.59. The maximum atomic E-state index is 10.1. The number of aromatic nitrogens is 2. The van der Waals surface area contributed by atoms with Gasteiger partial charge in [-0.3, -0.25) is 4.68 Å². The number of nitrogens with zero attached hydrogens (tertiary/aromatic N) is 2. The Morgan fingerprint density at radius 1 is 1.40 bits per heavy atom. The number of aryl methyl sites for hydroxylation is 1. The summed E-state index contributed by atoms with van der Waals surface area (Å²) in [5, 5.41) is 14.2. The summed E-state index contributed by atoms with van der Waals surface area (Å²) in [6.07, 6.45) is 4.53. The number of hydrogen-bond acceptors (Lipinski definition) is 2. The molecule has 15 heavy (non-hydrogen) atoms. The number of hydrogen-bond donors (Lipinski definition) is 1. The molecule has 1 unspecified atom stereocenters. The van der Waals surface area contributed by atoms with Crippen molar-refractivity contribution in [2.24, 2.45) is 13.0 Å². The molecule has 1 N–H and O–H groups in total. The van der Waals surface area contributed by atoms with Gasteiger partial charge in [0.2, 0.25) is 0 Å². The molecule has 0 fully saturated rings. The van der Waals surface area contributed by atoms with Gasteiger partial charge in [-0.05, 0) is 19.3 Å². The molecule has 0 spiro atoms. The second-order valence-electron chi connectivity index (χ2n) is 4.24. The Labute approximate surface area is 92.1 Å². The summed E-state index contributed by atoms with van der Waals surface area (Å²) in [5.41, 5.74) is 2.04. The summed E-state index contributed by atoms with van der Waals surface area (Å²) in [6.45, 7) is 6.35. The van der Waals surface area contributed by atoms with Gasteiger partial charge in [-0.2, -0.15) is 5.10 Å². The first-order chi connectivity index (χ1) is 7.10. The molecule has 3 heteroatoms. The van der Waals surface area contributed by atoms with E-state index in [0.29, 0.717) is 5.92 Å². The van der Waals surface area contributed by atoms with Crippen LogP contribution >= 0.6 is 0 Å². The molecule has 0 aliphatic carbocycles. The fourth-order valence-electron chi connectivity index (χ4n) is 1.91. The van der Waals surface area contributed by atoms with Crippen molar-refractivity contribution in [1.82, 2.24) is 9.78 Å². The molecule has 0 bridgehead atoms. The lowest BCUT2D eigenvalue weighted by Gasteiger charge is -2.17. The first kappa shape index (κ1) is 12.2. The maximum Gasteiger partial charge on any atom is 0.0825 e. The molecule has 0 saturated heterocycles. The van der Waals surface area contributed by atoms with Crippen molar-refractivity contribution < 1.29 is 5.11 Å². The average molecular weight is 210 g/mol. The summed E-state index contributed by atoms with van der Waals surface area (Å²) in [7, 11) is 1.91. The fraction of sp³-hybridized carbons (Fsp3) is 0.750. The molecule has 0 amide bonds. The van der Waals surface area contributed by atoms with E-state index in [0.717, 1.165) is 30.5 Å².